The van der Waals surface area contributed by atoms with Crippen molar-refractivity contribution in [1.82, 2.24) is 15.2 Å². The minimum absolute atomic E-state index is 0.0136. The highest BCUT2D eigenvalue weighted by molar-refractivity contribution is 5.93. The summed E-state index contributed by atoms with van der Waals surface area (Å²) in [7, 11) is 0. The summed E-state index contributed by atoms with van der Waals surface area (Å²) in [5.41, 5.74) is 1.55. The molecule has 0 bridgehead atoms. The number of morpholine rings is 1. The molecule has 6 heteroatoms. The van der Waals surface area contributed by atoms with E-state index in [-0.39, 0.29) is 17.8 Å². The Balaban J connectivity index is 1.72. The number of halogens is 1. The molecule has 1 fully saturated rings. The van der Waals surface area contributed by atoms with Crippen molar-refractivity contribution in [2.75, 3.05) is 32.8 Å². The monoisotopic (exact) mass is 329 g/mol. The van der Waals surface area contributed by atoms with E-state index in [9.17, 15) is 9.18 Å². The van der Waals surface area contributed by atoms with Crippen LogP contribution in [0.4, 0.5) is 4.39 Å². The molecule has 1 amide bonds. The fourth-order valence-electron chi connectivity index (χ4n) is 2.83. The quantitative estimate of drug-likeness (QED) is 0.912. The number of carbonyl (C=O) groups excluding carboxylic acids is 1. The van der Waals surface area contributed by atoms with Crippen molar-refractivity contribution in [3.63, 3.8) is 0 Å². The van der Waals surface area contributed by atoms with Crippen molar-refractivity contribution in [1.29, 1.82) is 0 Å². The van der Waals surface area contributed by atoms with E-state index in [0.717, 1.165) is 18.7 Å². The average Bonchev–Trinajstić information content (AvgIpc) is 2.65. The van der Waals surface area contributed by atoms with Crippen molar-refractivity contribution in [3.8, 4) is 0 Å². The number of ether oxygens (including phenoxy) is 1. The van der Waals surface area contributed by atoms with Gasteiger partial charge in [0.15, 0.2) is 0 Å². The molecule has 0 radical (unpaired) electrons. The second-order valence-electron chi connectivity index (χ2n) is 5.66. The summed E-state index contributed by atoms with van der Waals surface area (Å²) in [5, 5.41) is 2.97. The molecular formula is C18H20FN3O2. The van der Waals surface area contributed by atoms with E-state index >= 15 is 0 Å². The Morgan fingerprint density at radius 2 is 1.83 bits per heavy atom. The Bertz CT molecular complexity index is 658. The minimum Gasteiger partial charge on any atom is -0.379 e. The molecule has 1 saturated heterocycles. The first-order valence-corrected chi connectivity index (χ1v) is 7.99. The average molecular weight is 329 g/mol. The fraction of sp³-hybridized carbons (Fsp3) is 0.333. The zero-order valence-electron chi connectivity index (χ0n) is 13.3. The fourth-order valence-corrected chi connectivity index (χ4v) is 2.83. The van der Waals surface area contributed by atoms with E-state index in [4.69, 9.17) is 4.74 Å². The van der Waals surface area contributed by atoms with Crippen LogP contribution in [-0.4, -0.2) is 48.6 Å². The van der Waals surface area contributed by atoms with Gasteiger partial charge in [0.05, 0.1) is 19.3 Å². The predicted molar refractivity (Wildman–Crippen MR) is 88.1 cm³/mol. The molecule has 2 aromatic rings. The summed E-state index contributed by atoms with van der Waals surface area (Å²) < 4.78 is 18.6. The molecule has 1 atom stereocenters. The lowest BCUT2D eigenvalue weighted by atomic mass is 10.0. The molecule has 3 rings (SSSR count). The SMILES string of the molecule is O=C(NCC(c1ccc(F)cc1)N1CCOCC1)c1ccncc1. The zero-order chi connectivity index (χ0) is 16.8. The van der Waals surface area contributed by atoms with Gasteiger partial charge in [-0.25, -0.2) is 4.39 Å². The van der Waals surface area contributed by atoms with Gasteiger partial charge in [0.25, 0.3) is 5.91 Å². The molecule has 126 valence electrons. The highest BCUT2D eigenvalue weighted by Crippen LogP contribution is 2.21. The van der Waals surface area contributed by atoms with Crippen LogP contribution in [0.25, 0.3) is 0 Å². The smallest absolute Gasteiger partial charge is 0.251 e. The molecule has 24 heavy (non-hydrogen) atoms. The zero-order valence-corrected chi connectivity index (χ0v) is 13.3. The van der Waals surface area contributed by atoms with Crippen molar-refractivity contribution < 1.29 is 13.9 Å². The lowest BCUT2D eigenvalue weighted by molar-refractivity contribution is 0.0162. The third kappa shape index (κ3) is 4.15. The van der Waals surface area contributed by atoms with Gasteiger partial charge in [-0.3, -0.25) is 14.7 Å². The first-order chi connectivity index (χ1) is 11.7. The van der Waals surface area contributed by atoms with E-state index in [1.165, 1.54) is 12.1 Å². The van der Waals surface area contributed by atoms with Crippen molar-refractivity contribution in [2.45, 2.75) is 6.04 Å². The molecule has 2 heterocycles. The van der Waals surface area contributed by atoms with Crippen molar-refractivity contribution >= 4 is 5.91 Å². The van der Waals surface area contributed by atoms with Gasteiger partial charge in [0.2, 0.25) is 0 Å². The van der Waals surface area contributed by atoms with Gasteiger partial charge < -0.3 is 10.1 Å². The van der Waals surface area contributed by atoms with Crippen LogP contribution >= 0.6 is 0 Å². The molecule has 5 nitrogen and oxygen atoms in total. The van der Waals surface area contributed by atoms with Gasteiger partial charge in [-0.1, -0.05) is 12.1 Å². The Kier molecular flexibility index (Phi) is 5.51. The molecule has 1 aromatic carbocycles. The molecule has 0 saturated carbocycles. The Hall–Kier alpha value is -2.31. The van der Waals surface area contributed by atoms with Gasteiger partial charge in [-0.15, -0.1) is 0 Å². The summed E-state index contributed by atoms with van der Waals surface area (Å²) in [6, 6.07) is 9.79. The van der Waals surface area contributed by atoms with Gasteiger partial charge in [0.1, 0.15) is 5.82 Å². The van der Waals surface area contributed by atoms with Gasteiger partial charge in [0, 0.05) is 37.6 Å². The molecule has 1 N–H and O–H groups in total. The van der Waals surface area contributed by atoms with Crippen LogP contribution in [-0.2, 0) is 4.74 Å². The summed E-state index contributed by atoms with van der Waals surface area (Å²) in [6.45, 7) is 3.35. The Labute approximate surface area is 140 Å². The number of carbonyl (C=O) groups is 1. The molecule has 1 unspecified atom stereocenters. The first kappa shape index (κ1) is 16.5. The van der Waals surface area contributed by atoms with E-state index in [1.54, 1.807) is 36.7 Å². The first-order valence-electron chi connectivity index (χ1n) is 7.99. The van der Waals surface area contributed by atoms with Crippen LogP contribution in [0.2, 0.25) is 0 Å². The number of aromatic nitrogens is 1. The lowest BCUT2D eigenvalue weighted by Crippen LogP contribution is -2.43. The van der Waals surface area contributed by atoms with Crippen molar-refractivity contribution in [3.05, 3.63) is 65.7 Å². The highest BCUT2D eigenvalue weighted by Gasteiger charge is 2.23. The number of pyridine rings is 1. The standard InChI is InChI=1S/C18H20FN3O2/c19-16-3-1-14(2-4-16)17(22-9-11-24-12-10-22)13-21-18(23)15-5-7-20-8-6-15/h1-8,17H,9-13H2,(H,21,23). The lowest BCUT2D eigenvalue weighted by Gasteiger charge is -2.35. The number of amides is 1. The number of hydrogen-bond acceptors (Lipinski definition) is 4. The largest absolute Gasteiger partial charge is 0.379 e. The Morgan fingerprint density at radius 3 is 2.50 bits per heavy atom. The molecule has 1 aromatic heterocycles. The number of rotatable bonds is 5. The molecular weight excluding hydrogens is 309 g/mol. The van der Waals surface area contributed by atoms with Crippen molar-refractivity contribution in [2.24, 2.45) is 0 Å². The van der Waals surface area contributed by atoms with E-state index in [1.807, 2.05) is 0 Å². The van der Waals surface area contributed by atoms with E-state index < -0.39 is 0 Å². The van der Waals surface area contributed by atoms with E-state index in [0.29, 0.717) is 25.3 Å². The van der Waals surface area contributed by atoms with Gasteiger partial charge >= 0.3 is 0 Å². The Morgan fingerprint density at radius 1 is 1.17 bits per heavy atom. The van der Waals surface area contributed by atoms with Crippen LogP contribution in [0.15, 0.2) is 48.8 Å². The molecule has 0 spiro atoms. The van der Waals surface area contributed by atoms with Crippen LogP contribution < -0.4 is 5.32 Å². The maximum atomic E-state index is 13.2. The third-order valence-electron chi connectivity index (χ3n) is 4.14. The molecule has 0 aliphatic carbocycles. The second kappa shape index (κ2) is 7.99. The minimum atomic E-state index is -0.264. The summed E-state index contributed by atoms with van der Waals surface area (Å²) in [6.07, 6.45) is 3.18. The molecule has 1 aliphatic rings. The normalized spacial score (nSPS) is 16.5. The number of hydrogen-bond donors (Lipinski definition) is 1. The summed E-state index contributed by atoms with van der Waals surface area (Å²) >= 11 is 0. The number of nitrogens with zero attached hydrogens (tertiary/aromatic N) is 2. The second-order valence-corrected chi connectivity index (χ2v) is 5.66. The summed E-state index contributed by atoms with van der Waals surface area (Å²) in [5.74, 6) is -0.405. The van der Waals surface area contributed by atoms with Crippen LogP contribution in [0.5, 0.6) is 0 Å². The van der Waals surface area contributed by atoms with Crippen LogP contribution in [0.3, 0.4) is 0 Å². The maximum Gasteiger partial charge on any atom is 0.251 e. The van der Waals surface area contributed by atoms with E-state index in [2.05, 4.69) is 15.2 Å². The third-order valence-corrected chi connectivity index (χ3v) is 4.14. The maximum absolute atomic E-state index is 13.2. The van der Waals surface area contributed by atoms with Crippen LogP contribution in [0, 0.1) is 5.82 Å². The number of nitrogens with one attached hydrogen (secondary N) is 1. The van der Waals surface area contributed by atoms with Gasteiger partial charge in [-0.05, 0) is 29.8 Å². The molecule has 1 aliphatic heterocycles. The van der Waals surface area contributed by atoms with Gasteiger partial charge in [-0.2, -0.15) is 0 Å². The topological polar surface area (TPSA) is 54.5 Å². The van der Waals surface area contributed by atoms with Crippen LogP contribution in [0.1, 0.15) is 22.0 Å². The predicted octanol–water partition coefficient (Wildman–Crippen LogP) is 2.02. The summed E-state index contributed by atoms with van der Waals surface area (Å²) in [4.78, 5) is 18.4. The highest BCUT2D eigenvalue weighted by atomic mass is 19.1. The number of benzene rings is 1.